The van der Waals surface area contributed by atoms with Gasteiger partial charge in [0.15, 0.2) is 5.96 Å². The number of ether oxygens (including phenoxy) is 2. The molecule has 2 N–H and O–H groups in total. The molecule has 0 bridgehead atoms. The summed E-state index contributed by atoms with van der Waals surface area (Å²) in [6.45, 7) is 4.24. The Labute approximate surface area is 161 Å². The minimum absolute atomic E-state index is 0. The van der Waals surface area contributed by atoms with Gasteiger partial charge >= 0.3 is 0 Å². The third kappa shape index (κ3) is 5.22. The number of rotatable bonds is 4. The molecule has 2 unspecified atom stereocenters. The van der Waals surface area contributed by atoms with Gasteiger partial charge in [0.1, 0.15) is 11.9 Å². The first-order valence-corrected chi connectivity index (χ1v) is 8.24. The molecule has 24 heavy (non-hydrogen) atoms. The van der Waals surface area contributed by atoms with Crippen molar-refractivity contribution in [1.29, 1.82) is 0 Å². The Morgan fingerprint density at radius 2 is 2.00 bits per heavy atom. The molecule has 0 aliphatic carbocycles. The first-order valence-electron chi connectivity index (χ1n) is 8.24. The number of fused-ring (bicyclic) bond motifs is 1. The zero-order valence-corrected chi connectivity index (χ0v) is 16.7. The van der Waals surface area contributed by atoms with E-state index in [1.807, 2.05) is 12.1 Å². The molecule has 2 aliphatic heterocycles. The SMILES string of the molecule is CN=C(NCC1CN(C)CCO1)NCC1Cc2ccccc2O1.I. The van der Waals surface area contributed by atoms with Crippen LogP contribution >= 0.6 is 24.0 Å². The summed E-state index contributed by atoms with van der Waals surface area (Å²) in [5, 5.41) is 6.68. The zero-order chi connectivity index (χ0) is 16.1. The average molecular weight is 446 g/mol. The molecule has 0 radical (unpaired) electrons. The molecule has 2 heterocycles. The van der Waals surface area contributed by atoms with Crippen molar-refractivity contribution >= 4 is 29.9 Å². The standard InChI is InChI=1S/C17H26N4O2.HI/c1-18-17(20-11-15-12-21(2)7-8-22-15)19-10-14-9-13-5-3-4-6-16(13)23-14;/h3-6,14-15H,7-12H2,1-2H3,(H2,18,19,20);1H. The fourth-order valence-electron chi connectivity index (χ4n) is 3.00. The van der Waals surface area contributed by atoms with Gasteiger partial charge in [-0.1, -0.05) is 18.2 Å². The summed E-state index contributed by atoms with van der Waals surface area (Å²) in [6, 6.07) is 8.22. The van der Waals surface area contributed by atoms with Gasteiger partial charge in [0.2, 0.25) is 0 Å². The van der Waals surface area contributed by atoms with E-state index in [1.165, 1.54) is 5.56 Å². The third-order valence-corrected chi connectivity index (χ3v) is 4.27. The Bertz CT molecular complexity index is 530. The van der Waals surface area contributed by atoms with Crippen molar-refractivity contribution in [3.8, 4) is 5.75 Å². The Hall–Kier alpha value is -1.06. The molecule has 1 fully saturated rings. The van der Waals surface area contributed by atoms with Gasteiger partial charge in [0.25, 0.3) is 0 Å². The van der Waals surface area contributed by atoms with E-state index >= 15 is 0 Å². The van der Waals surface area contributed by atoms with Gasteiger partial charge in [-0.3, -0.25) is 4.99 Å². The summed E-state index contributed by atoms with van der Waals surface area (Å²) in [4.78, 5) is 6.56. The number of nitrogens with one attached hydrogen (secondary N) is 2. The fraction of sp³-hybridized carbons (Fsp3) is 0.588. The molecule has 0 spiro atoms. The lowest BCUT2D eigenvalue weighted by atomic mass is 10.1. The summed E-state index contributed by atoms with van der Waals surface area (Å²) in [6.07, 6.45) is 1.30. The quantitative estimate of drug-likeness (QED) is 0.412. The maximum absolute atomic E-state index is 5.93. The maximum atomic E-state index is 5.93. The van der Waals surface area contributed by atoms with Crippen LogP contribution in [0.25, 0.3) is 0 Å². The first kappa shape index (κ1) is 19.3. The number of guanidine groups is 1. The summed E-state index contributed by atoms with van der Waals surface area (Å²) in [7, 11) is 3.91. The second-order valence-corrected chi connectivity index (χ2v) is 6.14. The monoisotopic (exact) mass is 446 g/mol. The zero-order valence-electron chi connectivity index (χ0n) is 14.3. The minimum Gasteiger partial charge on any atom is -0.488 e. The number of nitrogens with zero attached hydrogens (tertiary/aromatic N) is 2. The lowest BCUT2D eigenvalue weighted by molar-refractivity contribution is -0.0161. The first-order chi connectivity index (χ1) is 11.2. The number of benzene rings is 1. The number of morpholine rings is 1. The molecule has 2 atom stereocenters. The van der Waals surface area contributed by atoms with Gasteiger partial charge in [-0.15, -0.1) is 24.0 Å². The van der Waals surface area contributed by atoms with Gasteiger partial charge in [-0.05, 0) is 18.7 Å². The van der Waals surface area contributed by atoms with E-state index in [4.69, 9.17) is 9.47 Å². The Morgan fingerprint density at radius 1 is 1.25 bits per heavy atom. The molecule has 0 aromatic heterocycles. The van der Waals surface area contributed by atoms with E-state index in [1.54, 1.807) is 7.05 Å². The van der Waals surface area contributed by atoms with Gasteiger partial charge in [0, 0.05) is 33.1 Å². The molecule has 134 valence electrons. The fourth-order valence-corrected chi connectivity index (χ4v) is 3.00. The maximum Gasteiger partial charge on any atom is 0.191 e. The number of hydrogen-bond acceptors (Lipinski definition) is 4. The van der Waals surface area contributed by atoms with Crippen molar-refractivity contribution in [3.05, 3.63) is 29.8 Å². The van der Waals surface area contributed by atoms with E-state index in [0.29, 0.717) is 0 Å². The molecular formula is C17H27IN4O2. The van der Waals surface area contributed by atoms with Crippen molar-refractivity contribution in [1.82, 2.24) is 15.5 Å². The highest BCUT2D eigenvalue weighted by atomic mass is 127. The largest absolute Gasteiger partial charge is 0.488 e. The molecule has 2 aliphatic rings. The van der Waals surface area contributed by atoms with E-state index < -0.39 is 0 Å². The van der Waals surface area contributed by atoms with Crippen LogP contribution in [0, 0.1) is 0 Å². The Balaban J connectivity index is 0.00000208. The predicted molar refractivity (Wildman–Crippen MR) is 107 cm³/mol. The molecule has 3 rings (SSSR count). The number of halogens is 1. The second kappa shape index (κ2) is 9.43. The van der Waals surface area contributed by atoms with Gasteiger partial charge in [-0.2, -0.15) is 0 Å². The lowest BCUT2D eigenvalue weighted by Crippen LogP contribution is -2.49. The van der Waals surface area contributed by atoms with Crippen molar-refractivity contribution < 1.29 is 9.47 Å². The van der Waals surface area contributed by atoms with Crippen molar-refractivity contribution in [2.75, 3.05) is 46.9 Å². The highest BCUT2D eigenvalue weighted by molar-refractivity contribution is 14.0. The number of para-hydroxylation sites is 1. The molecule has 1 saturated heterocycles. The van der Waals surface area contributed by atoms with Crippen LogP contribution in [0.4, 0.5) is 0 Å². The van der Waals surface area contributed by atoms with Crippen LogP contribution in [0.5, 0.6) is 5.75 Å². The minimum atomic E-state index is 0. The second-order valence-electron chi connectivity index (χ2n) is 6.14. The smallest absolute Gasteiger partial charge is 0.191 e. The molecule has 0 saturated carbocycles. The molecule has 7 heteroatoms. The van der Waals surface area contributed by atoms with Crippen LogP contribution < -0.4 is 15.4 Å². The van der Waals surface area contributed by atoms with Crippen molar-refractivity contribution in [3.63, 3.8) is 0 Å². The van der Waals surface area contributed by atoms with E-state index in [9.17, 15) is 0 Å². The normalized spacial score (nSPS) is 23.8. The average Bonchev–Trinajstić information content (AvgIpc) is 2.98. The van der Waals surface area contributed by atoms with Crippen LogP contribution in [-0.4, -0.2) is 69.9 Å². The summed E-state index contributed by atoms with van der Waals surface area (Å²) < 4.78 is 11.7. The highest BCUT2D eigenvalue weighted by Gasteiger charge is 2.22. The van der Waals surface area contributed by atoms with Crippen LogP contribution in [0.15, 0.2) is 29.3 Å². The summed E-state index contributed by atoms with van der Waals surface area (Å²) in [5.41, 5.74) is 1.28. The molecule has 6 nitrogen and oxygen atoms in total. The Kier molecular flexibility index (Phi) is 7.57. The number of likely N-dealkylation sites (N-methyl/N-ethyl adjacent to an activating group) is 1. The van der Waals surface area contributed by atoms with Crippen molar-refractivity contribution in [2.24, 2.45) is 4.99 Å². The van der Waals surface area contributed by atoms with Crippen LogP contribution in [0.1, 0.15) is 5.56 Å². The third-order valence-electron chi connectivity index (χ3n) is 4.27. The molecule has 1 aromatic rings. The van der Waals surface area contributed by atoms with Crippen molar-refractivity contribution in [2.45, 2.75) is 18.6 Å². The predicted octanol–water partition coefficient (Wildman–Crippen LogP) is 1.10. The van der Waals surface area contributed by atoms with Crippen LogP contribution in [0.2, 0.25) is 0 Å². The van der Waals surface area contributed by atoms with E-state index in [0.717, 1.165) is 50.9 Å². The summed E-state index contributed by atoms with van der Waals surface area (Å²) >= 11 is 0. The molecule has 0 amide bonds. The molecule has 1 aromatic carbocycles. The Morgan fingerprint density at radius 3 is 2.71 bits per heavy atom. The highest BCUT2D eigenvalue weighted by Crippen LogP contribution is 2.27. The number of hydrogen-bond donors (Lipinski definition) is 2. The lowest BCUT2D eigenvalue weighted by Gasteiger charge is -2.30. The van der Waals surface area contributed by atoms with E-state index in [2.05, 4.69) is 39.7 Å². The van der Waals surface area contributed by atoms with Crippen LogP contribution in [0.3, 0.4) is 0 Å². The summed E-state index contributed by atoms with van der Waals surface area (Å²) in [5.74, 6) is 1.79. The van der Waals surface area contributed by atoms with E-state index in [-0.39, 0.29) is 36.2 Å². The van der Waals surface area contributed by atoms with Gasteiger partial charge in [-0.25, -0.2) is 0 Å². The van der Waals surface area contributed by atoms with Gasteiger partial charge in [0.05, 0.1) is 19.3 Å². The van der Waals surface area contributed by atoms with Crippen LogP contribution in [-0.2, 0) is 11.2 Å². The topological polar surface area (TPSA) is 58.1 Å². The number of aliphatic imine (C=N–C) groups is 1. The molecular weight excluding hydrogens is 419 g/mol. The van der Waals surface area contributed by atoms with Gasteiger partial charge < -0.3 is 25.0 Å².